The van der Waals surface area contributed by atoms with Gasteiger partial charge < -0.3 is 44.0 Å². The predicted molar refractivity (Wildman–Crippen MR) is 218 cm³/mol. The van der Waals surface area contributed by atoms with Crippen LogP contribution in [0.1, 0.15) is 49.9 Å². The summed E-state index contributed by atoms with van der Waals surface area (Å²) in [7, 11) is 5.80. The maximum absolute atomic E-state index is 12.6. The fourth-order valence-corrected chi connectivity index (χ4v) is 7.25. The molecule has 4 aliphatic rings. The van der Waals surface area contributed by atoms with E-state index in [2.05, 4.69) is 13.2 Å². The van der Waals surface area contributed by atoms with Crippen molar-refractivity contribution in [2.24, 2.45) is 0 Å². The molecule has 4 aliphatic heterocycles. The second kappa shape index (κ2) is 23.9. The summed E-state index contributed by atoms with van der Waals surface area (Å²) in [6.45, 7) is 10.2. The smallest absolute Gasteiger partial charge is 0.870 e. The van der Waals surface area contributed by atoms with Crippen LogP contribution < -0.4 is 18.9 Å². The van der Waals surface area contributed by atoms with Crippen LogP contribution in [0.2, 0.25) is 0 Å². The maximum Gasteiger partial charge on any atom is 1.00 e. The molecule has 0 saturated carbocycles. The minimum Gasteiger partial charge on any atom is -0.870 e. The Bertz CT molecular complexity index is 1650. The molecule has 0 radical (unpaired) electrons. The van der Waals surface area contributed by atoms with Crippen molar-refractivity contribution in [3.05, 3.63) is 96.1 Å². The maximum atomic E-state index is 12.6. The molecule has 0 spiro atoms. The van der Waals surface area contributed by atoms with E-state index in [4.69, 9.17) is 18.9 Å². The normalized spacial score (nSPS) is 19.1. The molecule has 1 N–H and O–H groups in total. The molecule has 6 rings (SSSR count). The molecular formula is C42H59LiN6O11. The van der Waals surface area contributed by atoms with Gasteiger partial charge in [-0.15, -0.1) is 13.2 Å². The standard InChI is InChI=1S/2C20H25N3O5.2CH4.Li.H2O/c2*1-4-9-21(2)19(25)23-13-16(10-17(23)18(24)27-3)28-20(26)22-11-14-7-5-6-8-15(14)12-22;;;;/h2*4-8,16-17H,1,9-13H2,2-3H3;2*1H4;;1H2/q;;;;+1;/p-1/t2*16?,17-;;;;/m00..../s1. The summed E-state index contributed by atoms with van der Waals surface area (Å²) in [5, 5.41) is 0. The quantitative estimate of drug-likeness (QED) is 0.164. The third-order valence-electron chi connectivity index (χ3n) is 10.2. The average Bonchev–Trinajstić information content (AvgIpc) is 4.01. The van der Waals surface area contributed by atoms with Crippen LogP contribution in [0.25, 0.3) is 0 Å². The van der Waals surface area contributed by atoms with Crippen molar-refractivity contribution < 1.29 is 72.1 Å². The third kappa shape index (κ3) is 12.3. The van der Waals surface area contributed by atoms with Crippen LogP contribution in [0, 0.1) is 0 Å². The molecule has 2 saturated heterocycles. The fraction of sp³-hybridized carbons (Fsp3) is 0.476. The van der Waals surface area contributed by atoms with Crippen LogP contribution in [0.5, 0.6) is 0 Å². The van der Waals surface area contributed by atoms with Gasteiger partial charge in [-0.3, -0.25) is 9.80 Å². The molecule has 2 fully saturated rings. The second-order valence-corrected chi connectivity index (χ2v) is 14.0. The minimum atomic E-state index is -0.779. The first-order chi connectivity index (χ1) is 26.9. The molecule has 6 amide bonds. The second-order valence-electron chi connectivity index (χ2n) is 14.0. The van der Waals surface area contributed by atoms with E-state index in [1.54, 1.807) is 36.0 Å². The van der Waals surface area contributed by atoms with Gasteiger partial charge in [-0.2, -0.15) is 0 Å². The van der Waals surface area contributed by atoms with E-state index in [9.17, 15) is 28.8 Å². The van der Waals surface area contributed by atoms with Crippen LogP contribution in [-0.2, 0) is 54.7 Å². The van der Waals surface area contributed by atoms with Gasteiger partial charge in [0.15, 0.2) is 0 Å². The Morgan fingerprint density at radius 1 is 0.633 bits per heavy atom. The van der Waals surface area contributed by atoms with Crippen molar-refractivity contribution >= 4 is 36.2 Å². The molecule has 60 heavy (non-hydrogen) atoms. The number of likely N-dealkylation sites (N-methyl/N-ethyl adjacent to an activating group) is 2. The number of urea groups is 2. The van der Waals surface area contributed by atoms with Gasteiger partial charge in [0.2, 0.25) is 0 Å². The SMILES string of the molecule is C.C.C=CCN(C)C(=O)N1CC(OC(=O)N2Cc3ccccc3C2)C[C@H]1C(=O)OC.C=CCN(C)C(=O)N1CC(OC(=O)N2Cc3ccccc3C2)C[C@H]1C(=O)OC.[Li+].[OH-]. The van der Waals surface area contributed by atoms with Crippen molar-refractivity contribution in [3.63, 3.8) is 0 Å². The first-order valence-electron chi connectivity index (χ1n) is 18.3. The molecule has 2 aromatic carbocycles. The van der Waals surface area contributed by atoms with Crippen molar-refractivity contribution in [2.75, 3.05) is 54.5 Å². The van der Waals surface area contributed by atoms with Gasteiger partial charge in [-0.1, -0.05) is 75.5 Å². The number of hydrogen-bond acceptors (Lipinski definition) is 11. The number of esters is 2. The van der Waals surface area contributed by atoms with Gasteiger partial charge >= 0.3 is 55.0 Å². The summed E-state index contributed by atoms with van der Waals surface area (Å²) in [4.78, 5) is 83.7. The van der Waals surface area contributed by atoms with E-state index in [-0.39, 0.29) is 77.2 Å². The van der Waals surface area contributed by atoms with Crippen LogP contribution in [0.15, 0.2) is 73.8 Å². The van der Waals surface area contributed by atoms with Crippen molar-refractivity contribution in [1.29, 1.82) is 0 Å². The van der Waals surface area contributed by atoms with Gasteiger partial charge in [0.1, 0.15) is 24.3 Å². The summed E-state index contributed by atoms with van der Waals surface area (Å²) in [6.07, 6.45) is 1.60. The van der Waals surface area contributed by atoms with E-state index in [0.29, 0.717) is 39.3 Å². The van der Waals surface area contributed by atoms with E-state index >= 15 is 0 Å². The Morgan fingerprint density at radius 2 is 0.933 bits per heavy atom. The van der Waals surface area contributed by atoms with Gasteiger partial charge in [0, 0.05) is 66.2 Å². The fourth-order valence-electron chi connectivity index (χ4n) is 7.25. The van der Waals surface area contributed by atoms with Gasteiger partial charge in [0.25, 0.3) is 0 Å². The summed E-state index contributed by atoms with van der Waals surface area (Å²) >= 11 is 0. The van der Waals surface area contributed by atoms with E-state index < -0.39 is 48.4 Å². The number of fused-ring (bicyclic) bond motifs is 2. The number of benzene rings is 2. The Hall–Kier alpha value is -5.50. The molecule has 4 atom stereocenters. The summed E-state index contributed by atoms with van der Waals surface area (Å²) in [5.41, 5.74) is 4.39. The first-order valence-corrected chi connectivity index (χ1v) is 18.3. The Morgan fingerprint density at radius 3 is 1.20 bits per heavy atom. The Balaban J connectivity index is 0.000000562. The Kier molecular flexibility index (Phi) is 20.9. The number of nitrogens with zero attached hydrogens (tertiary/aromatic N) is 6. The molecule has 4 heterocycles. The number of carbonyl (C=O) groups is 6. The van der Waals surface area contributed by atoms with E-state index in [1.165, 1.54) is 33.8 Å². The van der Waals surface area contributed by atoms with Gasteiger partial charge in [-0.25, -0.2) is 28.8 Å². The number of methoxy groups -OCH3 is 2. The van der Waals surface area contributed by atoms with Gasteiger partial charge in [0.05, 0.1) is 27.3 Å². The average molecular weight is 831 g/mol. The largest absolute Gasteiger partial charge is 1.00 e. The zero-order valence-corrected chi connectivity index (χ0v) is 33.8. The molecule has 0 aromatic heterocycles. The molecule has 0 bridgehead atoms. The topological polar surface area (TPSA) is 189 Å². The monoisotopic (exact) mass is 830 g/mol. The molecule has 0 aliphatic carbocycles. The molecule has 18 heteroatoms. The van der Waals surface area contributed by atoms with Crippen molar-refractivity contribution in [2.45, 2.75) is 78.2 Å². The number of hydrogen-bond donors (Lipinski definition) is 0. The molecule has 2 unspecified atom stereocenters. The number of rotatable bonds is 8. The van der Waals surface area contributed by atoms with Crippen LogP contribution in [0.3, 0.4) is 0 Å². The number of ether oxygens (including phenoxy) is 4. The Labute approximate surface area is 365 Å². The van der Waals surface area contributed by atoms with E-state index in [0.717, 1.165) is 22.3 Å². The molecule has 324 valence electrons. The summed E-state index contributed by atoms with van der Waals surface area (Å²) in [6, 6.07) is 13.5. The van der Waals surface area contributed by atoms with Crippen molar-refractivity contribution in [1.82, 2.24) is 29.4 Å². The minimum absolute atomic E-state index is 0. The van der Waals surface area contributed by atoms with Crippen LogP contribution >= 0.6 is 0 Å². The van der Waals surface area contributed by atoms with Crippen LogP contribution in [0.4, 0.5) is 19.2 Å². The molecule has 2 aromatic rings. The predicted octanol–water partition coefficient (Wildman–Crippen LogP) is 2.08. The number of carbonyl (C=O) groups excluding carboxylic acids is 6. The number of likely N-dealkylation sites (tertiary alicyclic amines) is 2. The third-order valence-corrected chi connectivity index (χ3v) is 10.2. The van der Waals surface area contributed by atoms with E-state index in [1.807, 2.05) is 48.5 Å². The number of amides is 6. The molecule has 17 nitrogen and oxygen atoms in total. The first kappa shape index (κ1) is 52.5. The van der Waals surface area contributed by atoms with Gasteiger partial charge in [-0.05, 0) is 22.3 Å². The summed E-state index contributed by atoms with van der Waals surface area (Å²) in [5.74, 6) is -1.04. The van der Waals surface area contributed by atoms with Crippen molar-refractivity contribution in [3.8, 4) is 0 Å². The van der Waals surface area contributed by atoms with Crippen LogP contribution in [-0.4, -0.2) is 150 Å². The summed E-state index contributed by atoms with van der Waals surface area (Å²) < 4.78 is 20.9. The molecular weight excluding hydrogens is 771 g/mol. The zero-order chi connectivity index (χ0) is 40.5. The zero-order valence-electron chi connectivity index (χ0n) is 33.8.